The number of hydrogen-bond donors (Lipinski definition) is 0. The molecule has 0 N–H and O–H groups in total. The zero-order chi connectivity index (χ0) is 16.0. The number of nitrogens with zero attached hydrogens (tertiary/aromatic N) is 1. The number of ether oxygens (including phenoxy) is 2. The van der Waals surface area contributed by atoms with E-state index in [0.717, 1.165) is 24.8 Å². The van der Waals surface area contributed by atoms with Crippen LogP contribution in [0.4, 0.5) is 0 Å². The lowest BCUT2D eigenvalue weighted by molar-refractivity contribution is 0.169. The third kappa shape index (κ3) is 3.30. The zero-order valence-corrected chi connectivity index (χ0v) is 14.4. The molecule has 0 amide bonds. The SMILES string of the molecule is O=S1(=O)CCC(N(Cc2cc(Cl)c3c(c2)OCCO3)C2CC2)C1. The van der Waals surface area contributed by atoms with Gasteiger partial charge in [-0.05, 0) is 37.0 Å². The van der Waals surface area contributed by atoms with Crippen molar-refractivity contribution in [2.24, 2.45) is 0 Å². The Hall–Kier alpha value is -0.980. The molecule has 1 saturated carbocycles. The van der Waals surface area contributed by atoms with Gasteiger partial charge in [-0.1, -0.05) is 11.6 Å². The fourth-order valence-corrected chi connectivity index (χ4v) is 5.50. The van der Waals surface area contributed by atoms with Gasteiger partial charge in [0.15, 0.2) is 21.3 Å². The number of sulfone groups is 1. The summed E-state index contributed by atoms with van der Waals surface area (Å²) in [7, 11) is -2.87. The van der Waals surface area contributed by atoms with Gasteiger partial charge in [-0.15, -0.1) is 0 Å². The molecule has 0 aromatic heterocycles. The van der Waals surface area contributed by atoms with Gasteiger partial charge in [-0.3, -0.25) is 4.90 Å². The Morgan fingerprint density at radius 2 is 1.91 bits per heavy atom. The fraction of sp³-hybridized carbons (Fsp3) is 0.625. The number of rotatable bonds is 4. The van der Waals surface area contributed by atoms with Crippen molar-refractivity contribution >= 4 is 21.4 Å². The highest BCUT2D eigenvalue weighted by atomic mass is 35.5. The van der Waals surface area contributed by atoms with Crippen LogP contribution in [0.15, 0.2) is 12.1 Å². The average molecular weight is 358 g/mol. The highest BCUT2D eigenvalue weighted by molar-refractivity contribution is 7.91. The third-order valence-corrected chi connectivity index (χ3v) is 6.75. The van der Waals surface area contributed by atoms with Crippen LogP contribution in [-0.4, -0.2) is 50.1 Å². The van der Waals surface area contributed by atoms with Gasteiger partial charge >= 0.3 is 0 Å². The summed E-state index contributed by atoms with van der Waals surface area (Å²) >= 11 is 6.31. The normalized spacial score (nSPS) is 25.7. The van der Waals surface area contributed by atoms with Crippen LogP contribution in [0.1, 0.15) is 24.8 Å². The summed E-state index contributed by atoms with van der Waals surface area (Å²) in [4.78, 5) is 2.34. The van der Waals surface area contributed by atoms with Crippen LogP contribution in [-0.2, 0) is 16.4 Å². The lowest BCUT2D eigenvalue weighted by atomic mass is 10.1. The number of hydrogen-bond acceptors (Lipinski definition) is 5. The van der Waals surface area contributed by atoms with Crippen LogP contribution in [0.3, 0.4) is 0 Å². The van der Waals surface area contributed by atoms with Crippen molar-refractivity contribution in [1.29, 1.82) is 0 Å². The fourth-order valence-electron chi connectivity index (χ4n) is 3.47. The Kier molecular flexibility index (Phi) is 3.94. The Balaban J connectivity index is 1.57. The van der Waals surface area contributed by atoms with Crippen LogP contribution in [0, 0.1) is 0 Å². The minimum Gasteiger partial charge on any atom is -0.486 e. The average Bonchev–Trinajstić information content (AvgIpc) is 3.28. The number of fused-ring (bicyclic) bond motifs is 1. The van der Waals surface area contributed by atoms with E-state index in [-0.39, 0.29) is 11.8 Å². The molecule has 3 aliphatic rings. The van der Waals surface area contributed by atoms with E-state index in [1.807, 2.05) is 12.1 Å². The number of halogens is 1. The van der Waals surface area contributed by atoms with Crippen LogP contribution in [0.2, 0.25) is 5.02 Å². The molecule has 5 nitrogen and oxygen atoms in total. The van der Waals surface area contributed by atoms with Gasteiger partial charge in [0.05, 0.1) is 16.5 Å². The van der Waals surface area contributed by atoms with E-state index >= 15 is 0 Å². The molecule has 1 aliphatic carbocycles. The maximum absolute atomic E-state index is 11.8. The van der Waals surface area contributed by atoms with E-state index in [0.29, 0.717) is 48.1 Å². The maximum atomic E-state index is 11.8. The first kappa shape index (κ1) is 15.5. The van der Waals surface area contributed by atoms with E-state index in [1.54, 1.807) is 0 Å². The third-order valence-electron chi connectivity index (χ3n) is 4.72. The van der Waals surface area contributed by atoms with Crippen molar-refractivity contribution < 1.29 is 17.9 Å². The maximum Gasteiger partial charge on any atom is 0.179 e. The lowest BCUT2D eigenvalue weighted by Gasteiger charge is -2.29. The minimum atomic E-state index is -2.87. The second-order valence-electron chi connectivity index (χ2n) is 6.56. The highest BCUT2D eigenvalue weighted by Crippen LogP contribution is 2.40. The molecule has 1 aromatic carbocycles. The first-order valence-electron chi connectivity index (χ1n) is 8.06. The molecular weight excluding hydrogens is 338 g/mol. The van der Waals surface area contributed by atoms with Gasteiger partial charge in [-0.25, -0.2) is 8.42 Å². The molecule has 0 radical (unpaired) electrons. The Morgan fingerprint density at radius 1 is 1.13 bits per heavy atom. The van der Waals surface area contributed by atoms with Gasteiger partial charge in [0.1, 0.15) is 13.2 Å². The molecule has 0 spiro atoms. The molecule has 126 valence electrons. The van der Waals surface area contributed by atoms with Gasteiger partial charge in [0, 0.05) is 18.6 Å². The summed E-state index contributed by atoms with van der Waals surface area (Å²) in [6.07, 6.45) is 3.03. The summed E-state index contributed by atoms with van der Waals surface area (Å²) in [5.74, 6) is 1.89. The molecule has 0 bridgehead atoms. The molecule has 4 rings (SSSR count). The summed E-state index contributed by atoms with van der Waals surface area (Å²) < 4.78 is 34.8. The van der Waals surface area contributed by atoms with E-state index in [4.69, 9.17) is 21.1 Å². The second kappa shape index (κ2) is 5.83. The molecule has 1 unspecified atom stereocenters. The Morgan fingerprint density at radius 3 is 2.61 bits per heavy atom. The van der Waals surface area contributed by atoms with Crippen LogP contribution >= 0.6 is 11.6 Å². The highest BCUT2D eigenvalue weighted by Gasteiger charge is 2.39. The van der Waals surface area contributed by atoms with E-state index in [1.165, 1.54) is 0 Å². The topological polar surface area (TPSA) is 55.8 Å². The van der Waals surface area contributed by atoms with Gasteiger partial charge in [0.2, 0.25) is 0 Å². The molecule has 23 heavy (non-hydrogen) atoms. The van der Waals surface area contributed by atoms with Gasteiger partial charge in [0.25, 0.3) is 0 Å². The van der Waals surface area contributed by atoms with Crippen LogP contribution in [0.5, 0.6) is 11.5 Å². The van der Waals surface area contributed by atoms with Crippen molar-refractivity contribution in [1.82, 2.24) is 4.90 Å². The summed E-state index contributed by atoms with van der Waals surface area (Å²) in [6.45, 7) is 1.75. The smallest absolute Gasteiger partial charge is 0.179 e. The summed E-state index contributed by atoms with van der Waals surface area (Å²) in [6, 6.07) is 4.51. The Bertz CT molecular complexity index is 717. The van der Waals surface area contributed by atoms with E-state index in [9.17, 15) is 8.42 Å². The first-order chi connectivity index (χ1) is 11.0. The van der Waals surface area contributed by atoms with Crippen LogP contribution < -0.4 is 9.47 Å². The van der Waals surface area contributed by atoms with E-state index < -0.39 is 9.84 Å². The zero-order valence-electron chi connectivity index (χ0n) is 12.8. The van der Waals surface area contributed by atoms with Gasteiger partial charge in [-0.2, -0.15) is 0 Å². The minimum absolute atomic E-state index is 0.125. The quantitative estimate of drug-likeness (QED) is 0.827. The molecule has 1 atom stereocenters. The summed E-state index contributed by atoms with van der Waals surface area (Å²) in [5, 5.41) is 0.562. The lowest BCUT2D eigenvalue weighted by Crippen LogP contribution is -2.37. The first-order valence-corrected chi connectivity index (χ1v) is 10.3. The monoisotopic (exact) mass is 357 g/mol. The summed E-state index contributed by atoms with van der Waals surface area (Å²) in [5.41, 5.74) is 1.05. The predicted molar refractivity (Wildman–Crippen MR) is 88.1 cm³/mol. The van der Waals surface area contributed by atoms with Crippen molar-refractivity contribution in [2.45, 2.75) is 37.9 Å². The molecular formula is C16H20ClNO4S. The second-order valence-corrected chi connectivity index (χ2v) is 9.20. The van der Waals surface area contributed by atoms with Crippen molar-refractivity contribution in [3.8, 4) is 11.5 Å². The molecule has 2 heterocycles. The van der Waals surface area contributed by atoms with Crippen LogP contribution in [0.25, 0.3) is 0 Å². The predicted octanol–water partition coefficient (Wildman–Crippen LogP) is 2.26. The molecule has 1 saturated heterocycles. The van der Waals surface area contributed by atoms with Crippen molar-refractivity contribution in [2.75, 3.05) is 24.7 Å². The van der Waals surface area contributed by atoms with E-state index in [2.05, 4.69) is 4.90 Å². The largest absolute Gasteiger partial charge is 0.486 e. The molecule has 7 heteroatoms. The Labute approximate surface area is 141 Å². The standard InChI is InChI=1S/C16H20ClNO4S/c17-14-7-11(8-15-16(14)22-5-4-21-15)9-18(12-1-2-12)13-3-6-23(19,20)10-13/h7-8,12-13H,1-6,9-10H2. The molecule has 2 aliphatic heterocycles. The van der Waals surface area contributed by atoms with Gasteiger partial charge < -0.3 is 9.47 Å². The van der Waals surface area contributed by atoms with Crippen molar-refractivity contribution in [3.05, 3.63) is 22.7 Å². The molecule has 1 aromatic rings. The number of benzene rings is 1. The molecule has 2 fully saturated rings. The van der Waals surface area contributed by atoms with Crippen molar-refractivity contribution in [3.63, 3.8) is 0 Å².